The van der Waals surface area contributed by atoms with Crippen LogP contribution in [0.25, 0.3) is 0 Å². The number of halogens is 2. The quantitative estimate of drug-likeness (QED) is 0.717. The molecule has 0 radical (unpaired) electrons. The Morgan fingerprint density at radius 2 is 2.06 bits per heavy atom. The Morgan fingerprint density at radius 3 is 2.59 bits per heavy atom. The molecule has 17 heavy (non-hydrogen) atoms. The minimum Gasteiger partial charge on any atom is -0.296 e. The van der Waals surface area contributed by atoms with Crippen LogP contribution in [0.3, 0.4) is 0 Å². The summed E-state index contributed by atoms with van der Waals surface area (Å²) in [6.45, 7) is 10.2. The third kappa shape index (κ3) is 3.97. The van der Waals surface area contributed by atoms with E-state index in [1.54, 1.807) is 0 Å². The van der Waals surface area contributed by atoms with E-state index < -0.39 is 0 Å². The number of aromatic nitrogens is 2. The molecule has 0 saturated heterocycles. The lowest BCUT2D eigenvalue weighted by Gasteiger charge is -2.21. The maximum atomic E-state index is 5.84. The largest absolute Gasteiger partial charge is 0.296 e. The summed E-state index contributed by atoms with van der Waals surface area (Å²) in [5.41, 5.74) is 2.31. The summed E-state index contributed by atoms with van der Waals surface area (Å²) in [7, 11) is 0. The molecule has 0 bridgehead atoms. The predicted molar refractivity (Wildman–Crippen MR) is 76.6 cm³/mol. The van der Waals surface area contributed by atoms with E-state index in [2.05, 4.69) is 44.5 Å². The molecule has 0 aliphatic rings. The normalized spacial score (nSPS) is 11.4. The van der Waals surface area contributed by atoms with Gasteiger partial charge in [0, 0.05) is 25.5 Å². The van der Waals surface area contributed by atoms with Gasteiger partial charge in [-0.05, 0) is 42.7 Å². The third-order valence-electron chi connectivity index (χ3n) is 2.77. The van der Waals surface area contributed by atoms with E-state index in [1.807, 2.05) is 6.92 Å². The van der Waals surface area contributed by atoms with Gasteiger partial charge in [-0.1, -0.05) is 6.92 Å². The van der Waals surface area contributed by atoms with Crippen LogP contribution in [0, 0.1) is 6.92 Å². The first-order chi connectivity index (χ1) is 8.13. The lowest BCUT2D eigenvalue weighted by atomic mass is 10.3. The Morgan fingerprint density at radius 1 is 1.35 bits per heavy atom. The molecule has 0 spiro atoms. The summed E-state index contributed by atoms with van der Waals surface area (Å²) in [5.74, 6) is 0.677. The van der Waals surface area contributed by atoms with Gasteiger partial charge >= 0.3 is 0 Å². The number of alkyl halides is 1. The van der Waals surface area contributed by atoms with Gasteiger partial charge in [-0.2, -0.15) is 5.10 Å². The van der Waals surface area contributed by atoms with Crippen molar-refractivity contribution in [2.24, 2.45) is 0 Å². The molecule has 0 aromatic carbocycles. The average molecular weight is 323 g/mol. The highest BCUT2D eigenvalue weighted by Crippen LogP contribution is 2.22. The van der Waals surface area contributed by atoms with Gasteiger partial charge in [-0.15, -0.1) is 11.6 Å². The molecule has 3 nitrogen and oxygen atoms in total. The van der Waals surface area contributed by atoms with Gasteiger partial charge in [0.25, 0.3) is 0 Å². The summed E-state index contributed by atoms with van der Waals surface area (Å²) >= 11 is 9.47. The highest BCUT2D eigenvalue weighted by atomic mass is 79.9. The van der Waals surface area contributed by atoms with Crippen LogP contribution < -0.4 is 0 Å². The van der Waals surface area contributed by atoms with E-state index in [1.165, 1.54) is 5.69 Å². The highest BCUT2D eigenvalue weighted by molar-refractivity contribution is 9.10. The van der Waals surface area contributed by atoms with Crippen LogP contribution in [-0.2, 0) is 13.1 Å². The van der Waals surface area contributed by atoms with E-state index in [4.69, 9.17) is 11.6 Å². The van der Waals surface area contributed by atoms with Crippen molar-refractivity contribution < 1.29 is 0 Å². The molecule has 1 aromatic rings. The van der Waals surface area contributed by atoms with Crippen molar-refractivity contribution in [2.45, 2.75) is 40.3 Å². The summed E-state index contributed by atoms with van der Waals surface area (Å²) in [4.78, 5) is 2.38. The van der Waals surface area contributed by atoms with Crippen LogP contribution in [0.15, 0.2) is 4.47 Å². The monoisotopic (exact) mass is 321 g/mol. The summed E-state index contributed by atoms with van der Waals surface area (Å²) in [5, 5.41) is 4.51. The zero-order chi connectivity index (χ0) is 12.8. The maximum Gasteiger partial charge on any atom is 0.0739 e. The molecular formula is C12H21BrClN3. The number of hydrogen-bond acceptors (Lipinski definition) is 2. The number of aryl methyl sites for hydroxylation is 2. The fourth-order valence-electron chi connectivity index (χ4n) is 1.94. The first kappa shape index (κ1) is 15.0. The number of hydrogen-bond donors (Lipinski definition) is 0. The molecule has 1 rings (SSSR count). The van der Waals surface area contributed by atoms with Crippen molar-refractivity contribution in [1.82, 2.24) is 14.7 Å². The van der Waals surface area contributed by atoms with Gasteiger partial charge in [0.15, 0.2) is 0 Å². The van der Waals surface area contributed by atoms with Crippen molar-refractivity contribution in [3.8, 4) is 0 Å². The van der Waals surface area contributed by atoms with Gasteiger partial charge in [-0.3, -0.25) is 9.58 Å². The Kier molecular flexibility index (Phi) is 6.52. The van der Waals surface area contributed by atoms with E-state index in [0.29, 0.717) is 5.88 Å². The fourth-order valence-corrected chi connectivity index (χ4v) is 2.59. The number of nitrogens with zero attached hydrogens (tertiary/aromatic N) is 3. The van der Waals surface area contributed by atoms with Crippen LogP contribution in [-0.4, -0.2) is 33.6 Å². The fraction of sp³-hybridized carbons (Fsp3) is 0.750. The van der Waals surface area contributed by atoms with Crippen molar-refractivity contribution in [3.63, 3.8) is 0 Å². The second kappa shape index (κ2) is 7.39. The average Bonchev–Trinajstić information content (AvgIpc) is 2.57. The van der Waals surface area contributed by atoms with Gasteiger partial charge in [-0.25, -0.2) is 0 Å². The minimum atomic E-state index is 0.677. The SMILES string of the molecule is CCCN(CCCl)Cc1c(Br)c(C)nn1CC. The lowest BCUT2D eigenvalue weighted by Crippen LogP contribution is -2.27. The summed E-state index contributed by atoms with van der Waals surface area (Å²) in [6.07, 6.45) is 1.15. The second-order valence-corrected chi connectivity index (χ2v) is 5.30. The molecule has 0 aliphatic heterocycles. The van der Waals surface area contributed by atoms with E-state index >= 15 is 0 Å². The molecule has 5 heteroatoms. The third-order valence-corrected chi connectivity index (χ3v) is 3.97. The molecular weight excluding hydrogens is 302 g/mol. The highest BCUT2D eigenvalue weighted by Gasteiger charge is 2.15. The Hall–Kier alpha value is -0.0600. The molecule has 0 aliphatic carbocycles. The van der Waals surface area contributed by atoms with Crippen molar-refractivity contribution in [2.75, 3.05) is 19.0 Å². The maximum absolute atomic E-state index is 5.84. The van der Waals surface area contributed by atoms with Gasteiger partial charge in [0.1, 0.15) is 0 Å². The van der Waals surface area contributed by atoms with Gasteiger partial charge in [0.2, 0.25) is 0 Å². The second-order valence-electron chi connectivity index (χ2n) is 4.13. The van der Waals surface area contributed by atoms with E-state index in [0.717, 1.165) is 42.8 Å². The molecule has 0 amide bonds. The van der Waals surface area contributed by atoms with Crippen LogP contribution in [0.4, 0.5) is 0 Å². The molecule has 0 unspecified atom stereocenters. The minimum absolute atomic E-state index is 0.677. The number of rotatable bonds is 7. The molecule has 0 saturated carbocycles. The zero-order valence-electron chi connectivity index (χ0n) is 10.8. The van der Waals surface area contributed by atoms with Crippen LogP contribution in [0.1, 0.15) is 31.7 Å². The smallest absolute Gasteiger partial charge is 0.0739 e. The Balaban J connectivity index is 2.83. The Labute approximate surface area is 117 Å². The van der Waals surface area contributed by atoms with Crippen LogP contribution >= 0.6 is 27.5 Å². The molecule has 98 valence electrons. The van der Waals surface area contributed by atoms with E-state index in [9.17, 15) is 0 Å². The Bertz CT molecular complexity index is 346. The van der Waals surface area contributed by atoms with Gasteiger partial charge in [0.05, 0.1) is 15.9 Å². The standard InChI is InChI=1S/C12H21BrClN3/c1-4-7-16(8-6-14)9-11-12(13)10(3)15-17(11)5-2/h4-9H2,1-3H3. The topological polar surface area (TPSA) is 21.1 Å². The molecule has 1 heterocycles. The van der Waals surface area contributed by atoms with E-state index in [-0.39, 0.29) is 0 Å². The first-order valence-corrected chi connectivity index (χ1v) is 7.46. The van der Waals surface area contributed by atoms with Crippen LogP contribution in [0.5, 0.6) is 0 Å². The summed E-state index contributed by atoms with van der Waals surface area (Å²) < 4.78 is 3.20. The van der Waals surface area contributed by atoms with Gasteiger partial charge < -0.3 is 0 Å². The molecule has 0 fully saturated rings. The molecule has 0 atom stereocenters. The predicted octanol–water partition coefficient (Wildman–Crippen LogP) is 3.42. The lowest BCUT2D eigenvalue weighted by molar-refractivity contribution is 0.272. The van der Waals surface area contributed by atoms with Crippen LogP contribution in [0.2, 0.25) is 0 Å². The molecule has 0 N–H and O–H groups in total. The zero-order valence-corrected chi connectivity index (χ0v) is 13.2. The van der Waals surface area contributed by atoms with Crippen molar-refractivity contribution >= 4 is 27.5 Å². The molecule has 1 aromatic heterocycles. The summed E-state index contributed by atoms with van der Waals surface area (Å²) in [6, 6.07) is 0. The van der Waals surface area contributed by atoms with Crippen molar-refractivity contribution in [1.29, 1.82) is 0 Å². The first-order valence-electron chi connectivity index (χ1n) is 6.14. The van der Waals surface area contributed by atoms with Crippen molar-refractivity contribution in [3.05, 3.63) is 15.9 Å².